The van der Waals surface area contributed by atoms with Gasteiger partial charge in [-0.05, 0) is 31.5 Å². The minimum absolute atomic E-state index is 1.08. The number of aryl methyl sites for hydroxylation is 2. The summed E-state index contributed by atoms with van der Waals surface area (Å²) in [6, 6.07) is 10.5. The van der Waals surface area contributed by atoms with Crippen molar-refractivity contribution in [2.45, 2.75) is 41.5 Å². The Morgan fingerprint density at radius 1 is 0.812 bits per heavy atom. The van der Waals surface area contributed by atoms with E-state index in [-0.39, 0.29) is 0 Å². The third kappa shape index (κ3) is 4.01. The number of benzene rings is 1. The van der Waals surface area contributed by atoms with Crippen LogP contribution in [0.5, 0.6) is 0 Å². The van der Waals surface area contributed by atoms with Crippen molar-refractivity contribution in [3.63, 3.8) is 0 Å². The van der Waals surface area contributed by atoms with E-state index in [0.29, 0.717) is 0 Å². The molecule has 0 radical (unpaired) electrons. The first-order chi connectivity index (χ1) is 7.75. The molecule has 0 saturated carbocycles. The number of hydrogen-bond donors (Lipinski definition) is 0. The van der Waals surface area contributed by atoms with Crippen molar-refractivity contribution in [1.29, 1.82) is 0 Å². The van der Waals surface area contributed by atoms with Crippen molar-refractivity contribution in [2.24, 2.45) is 0 Å². The van der Waals surface area contributed by atoms with Crippen molar-refractivity contribution in [3.05, 3.63) is 41.6 Å². The molecule has 2 aromatic rings. The molecule has 1 aromatic heterocycles. The highest BCUT2D eigenvalue weighted by Gasteiger charge is 1.94. The SMILES string of the molecule is CC.CC.Cc1ccc2ccc(C)nc2c1. The van der Waals surface area contributed by atoms with Gasteiger partial charge >= 0.3 is 0 Å². The van der Waals surface area contributed by atoms with E-state index in [9.17, 15) is 0 Å². The molecule has 0 unspecified atom stereocenters. The Hall–Kier alpha value is -1.37. The molecule has 0 aliphatic heterocycles. The van der Waals surface area contributed by atoms with Gasteiger partial charge in [0.05, 0.1) is 5.52 Å². The predicted molar refractivity (Wildman–Crippen MR) is 73.9 cm³/mol. The first-order valence-corrected chi connectivity index (χ1v) is 6.10. The summed E-state index contributed by atoms with van der Waals surface area (Å²) in [7, 11) is 0. The second-order valence-corrected chi connectivity index (χ2v) is 3.15. The predicted octanol–water partition coefficient (Wildman–Crippen LogP) is 4.90. The van der Waals surface area contributed by atoms with Crippen molar-refractivity contribution in [1.82, 2.24) is 4.98 Å². The molecule has 0 aliphatic rings. The van der Waals surface area contributed by atoms with Gasteiger partial charge in [0.25, 0.3) is 0 Å². The van der Waals surface area contributed by atoms with Crippen LogP contribution in [-0.2, 0) is 0 Å². The molecular weight excluding hydrogens is 194 g/mol. The standard InChI is InChI=1S/C11H11N.2C2H6/c1-8-3-5-10-6-4-9(2)12-11(10)7-8;2*1-2/h3-7H,1-2H3;2*1-2H3. The van der Waals surface area contributed by atoms with Gasteiger partial charge in [0.1, 0.15) is 0 Å². The zero-order valence-corrected chi connectivity index (χ0v) is 11.3. The molecule has 88 valence electrons. The number of fused-ring (bicyclic) bond motifs is 1. The number of nitrogens with zero attached hydrogens (tertiary/aromatic N) is 1. The zero-order chi connectivity index (χ0) is 12.6. The van der Waals surface area contributed by atoms with Gasteiger partial charge in [-0.15, -0.1) is 0 Å². The van der Waals surface area contributed by atoms with Gasteiger partial charge in [-0.25, -0.2) is 0 Å². The van der Waals surface area contributed by atoms with E-state index in [0.717, 1.165) is 11.2 Å². The fraction of sp³-hybridized carbons (Fsp3) is 0.400. The monoisotopic (exact) mass is 217 g/mol. The molecule has 0 atom stereocenters. The Bertz CT molecular complexity index is 382. The highest BCUT2D eigenvalue weighted by Crippen LogP contribution is 2.13. The largest absolute Gasteiger partial charge is 0.253 e. The lowest BCUT2D eigenvalue weighted by atomic mass is 10.1. The van der Waals surface area contributed by atoms with Crippen LogP contribution >= 0.6 is 0 Å². The van der Waals surface area contributed by atoms with Crippen molar-refractivity contribution >= 4 is 10.9 Å². The third-order valence-electron chi connectivity index (χ3n) is 1.99. The van der Waals surface area contributed by atoms with Gasteiger partial charge in [0, 0.05) is 11.1 Å². The van der Waals surface area contributed by atoms with Crippen molar-refractivity contribution in [3.8, 4) is 0 Å². The van der Waals surface area contributed by atoms with Crippen LogP contribution in [-0.4, -0.2) is 4.98 Å². The van der Waals surface area contributed by atoms with Crippen molar-refractivity contribution < 1.29 is 0 Å². The number of pyridine rings is 1. The molecule has 1 heteroatoms. The van der Waals surface area contributed by atoms with Gasteiger partial charge in [-0.1, -0.05) is 45.9 Å². The van der Waals surface area contributed by atoms with Gasteiger partial charge in [0.2, 0.25) is 0 Å². The number of aromatic nitrogens is 1. The highest BCUT2D eigenvalue weighted by molar-refractivity contribution is 5.79. The van der Waals surface area contributed by atoms with Crippen LogP contribution in [0.25, 0.3) is 10.9 Å². The highest BCUT2D eigenvalue weighted by atomic mass is 14.7. The summed E-state index contributed by atoms with van der Waals surface area (Å²) in [5, 5.41) is 1.21. The molecule has 0 aliphatic carbocycles. The Morgan fingerprint density at radius 2 is 1.38 bits per heavy atom. The Morgan fingerprint density at radius 3 is 2.00 bits per heavy atom. The molecule has 1 nitrogen and oxygen atoms in total. The topological polar surface area (TPSA) is 12.9 Å². The third-order valence-corrected chi connectivity index (χ3v) is 1.99. The van der Waals surface area contributed by atoms with Crippen molar-refractivity contribution in [2.75, 3.05) is 0 Å². The van der Waals surface area contributed by atoms with E-state index in [1.165, 1.54) is 10.9 Å². The molecule has 0 amide bonds. The van der Waals surface area contributed by atoms with Crippen LogP contribution in [0.15, 0.2) is 30.3 Å². The summed E-state index contributed by atoms with van der Waals surface area (Å²) < 4.78 is 0. The maximum Gasteiger partial charge on any atom is 0.0707 e. The minimum atomic E-state index is 1.08. The normalized spacial score (nSPS) is 8.62. The molecule has 2 rings (SSSR count). The molecule has 1 aromatic carbocycles. The Balaban J connectivity index is 0.000000509. The van der Waals surface area contributed by atoms with E-state index in [1.807, 2.05) is 40.7 Å². The minimum Gasteiger partial charge on any atom is -0.253 e. The molecule has 0 spiro atoms. The smallest absolute Gasteiger partial charge is 0.0707 e. The molecule has 1 heterocycles. The van der Waals surface area contributed by atoms with Crippen LogP contribution in [0, 0.1) is 13.8 Å². The lowest BCUT2D eigenvalue weighted by molar-refractivity contribution is 1.25. The average Bonchev–Trinajstić information content (AvgIpc) is 2.33. The summed E-state index contributed by atoms with van der Waals surface area (Å²) >= 11 is 0. The summed E-state index contributed by atoms with van der Waals surface area (Å²) in [6.45, 7) is 12.1. The van der Waals surface area contributed by atoms with Crippen LogP contribution in [0.4, 0.5) is 0 Å². The van der Waals surface area contributed by atoms with Crippen LogP contribution in [0.3, 0.4) is 0 Å². The van der Waals surface area contributed by atoms with Gasteiger partial charge < -0.3 is 0 Å². The van der Waals surface area contributed by atoms with Crippen LogP contribution in [0.1, 0.15) is 39.0 Å². The summed E-state index contributed by atoms with van der Waals surface area (Å²) in [4.78, 5) is 4.44. The summed E-state index contributed by atoms with van der Waals surface area (Å²) in [6.07, 6.45) is 0. The second kappa shape index (κ2) is 7.86. The van der Waals surface area contributed by atoms with Crippen LogP contribution < -0.4 is 0 Å². The first kappa shape index (κ1) is 14.6. The van der Waals surface area contributed by atoms with Gasteiger partial charge in [-0.3, -0.25) is 4.98 Å². The quantitative estimate of drug-likeness (QED) is 0.611. The number of rotatable bonds is 0. The first-order valence-electron chi connectivity index (χ1n) is 6.10. The lowest BCUT2D eigenvalue weighted by Gasteiger charge is -1.99. The molecule has 0 fully saturated rings. The Kier molecular flexibility index (Phi) is 7.19. The van der Waals surface area contributed by atoms with Crippen LogP contribution in [0.2, 0.25) is 0 Å². The Labute approximate surface area is 99.5 Å². The molecule has 16 heavy (non-hydrogen) atoms. The zero-order valence-electron chi connectivity index (χ0n) is 11.3. The molecule has 0 N–H and O–H groups in total. The summed E-state index contributed by atoms with van der Waals surface area (Å²) in [5.74, 6) is 0. The molecule has 0 saturated heterocycles. The van der Waals surface area contributed by atoms with E-state index in [2.05, 4.69) is 36.2 Å². The summed E-state index contributed by atoms with van der Waals surface area (Å²) in [5.41, 5.74) is 3.43. The molecular formula is C15H23N. The average molecular weight is 217 g/mol. The van der Waals surface area contributed by atoms with E-state index >= 15 is 0 Å². The number of hydrogen-bond acceptors (Lipinski definition) is 1. The van der Waals surface area contributed by atoms with E-state index < -0.39 is 0 Å². The van der Waals surface area contributed by atoms with Gasteiger partial charge in [-0.2, -0.15) is 0 Å². The van der Waals surface area contributed by atoms with E-state index in [1.54, 1.807) is 0 Å². The second-order valence-electron chi connectivity index (χ2n) is 3.15. The fourth-order valence-electron chi connectivity index (χ4n) is 1.33. The lowest BCUT2D eigenvalue weighted by Crippen LogP contribution is -1.83. The fourth-order valence-corrected chi connectivity index (χ4v) is 1.33. The van der Waals surface area contributed by atoms with E-state index in [4.69, 9.17) is 0 Å². The maximum atomic E-state index is 4.44. The maximum absolute atomic E-state index is 4.44. The molecule has 0 bridgehead atoms. The van der Waals surface area contributed by atoms with Gasteiger partial charge in [0.15, 0.2) is 0 Å².